The number of aryl methyl sites for hydroxylation is 3. The molecule has 2 unspecified atom stereocenters. The number of nitrogens with zero attached hydrogens (tertiary/aromatic N) is 1. The third kappa shape index (κ3) is 1.54. The largest absolute Gasteiger partial charge is 0.338 e. The van der Waals surface area contributed by atoms with Gasteiger partial charge in [-0.05, 0) is 76.3 Å². The van der Waals surface area contributed by atoms with Gasteiger partial charge in [0, 0.05) is 29.7 Å². The Kier molecular flexibility index (Phi) is 2.98. The molecular weight excluding hydrogens is 244 g/mol. The average molecular weight is 270 g/mol. The first-order valence-corrected chi connectivity index (χ1v) is 7.70. The zero-order valence-corrected chi connectivity index (χ0v) is 13.8. The molecule has 2 heterocycles. The lowest BCUT2D eigenvalue weighted by Crippen LogP contribution is -2.34. The zero-order chi connectivity index (χ0) is 14.8. The molecule has 20 heavy (non-hydrogen) atoms. The van der Waals surface area contributed by atoms with Crippen LogP contribution in [-0.4, -0.2) is 11.1 Å². The molecule has 2 atom stereocenters. The molecule has 2 nitrogen and oxygen atoms in total. The van der Waals surface area contributed by atoms with Gasteiger partial charge < -0.3 is 9.88 Å². The van der Waals surface area contributed by atoms with Crippen molar-refractivity contribution in [1.82, 2.24) is 9.88 Å². The molecular formula is C18H26N2. The molecule has 0 aliphatic carbocycles. The number of rotatable bonds is 0. The summed E-state index contributed by atoms with van der Waals surface area (Å²) < 4.78 is 2.60. The smallest absolute Gasteiger partial charge is 0.0524 e. The van der Waals surface area contributed by atoms with E-state index in [2.05, 4.69) is 58.4 Å². The molecule has 0 radical (unpaired) electrons. The van der Waals surface area contributed by atoms with Crippen molar-refractivity contribution in [1.29, 1.82) is 0 Å². The molecule has 0 spiro atoms. The van der Waals surface area contributed by atoms with E-state index in [9.17, 15) is 0 Å². The highest BCUT2D eigenvalue weighted by Crippen LogP contribution is 2.40. The van der Waals surface area contributed by atoms with Crippen LogP contribution in [0.2, 0.25) is 0 Å². The topological polar surface area (TPSA) is 17.0 Å². The Morgan fingerprint density at radius 3 is 2.10 bits per heavy atom. The first kappa shape index (κ1) is 13.7. The summed E-state index contributed by atoms with van der Waals surface area (Å²) in [6.45, 7) is 17.1. The highest BCUT2D eigenvalue weighted by molar-refractivity contribution is 5.93. The maximum atomic E-state index is 3.64. The molecule has 0 fully saturated rings. The van der Waals surface area contributed by atoms with E-state index in [1.54, 1.807) is 0 Å². The van der Waals surface area contributed by atoms with Crippen LogP contribution in [-0.2, 0) is 0 Å². The van der Waals surface area contributed by atoms with Crippen LogP contribution in [0, 0.1) is 34.6 Å². The fourth-order valence-corrected chi connectivity index (χ4v) is 4.01. The lowest BCUT2D eigenvalue weighted by molar-refractivity contribution is 0.389. The number of benzene rings is 1. The molecule has 1 aromatic heterocycles. The Labute approximate surface area is 122 Å². The minimum atomic E-state index is 0.443. The van der Waals surface area contributed by atoms with Gasteiger partial charge >= 0.3 is 0 Å². The van der Waals surface area contributed by atoms with Crippen molar-refractivity contribution in [3.05, 3.63) is 33.5 Å². The fourth-order valence-electron chi connectivity index (χ4n) is 4.01. The summed E-state index contributed by atoms with van der Waals surface area (Å²) in [5, 5.41) is 5.13. The third-order valence-electron chi connectivity index (χ3n) is 5.48. The van der Waals surface area contributed by atoms with Gasteiger partial charge in [-0.15, -0.1) is 0 Å². The van der Waals surface area contributed by atoms with Gasteiger partial charge in [-0.3, -0.25) is 0 Å². The zero-order valence-electron chi connectivity index (χ0n) is 13.8. The summed E-state index contributed by atoms with van der Waals surface area (Å²) in [5.41, 5.74) is 10.2. The maximum Gasteiger partial charge on any atom is 0.0524 e. The Morgan fingerprint density at radius 1 is 0.850 bits per heavy atom. The van der Waals surface area contributed by atoms with E-state index in [-0.39, 0.29) is 0 Å². The van der Waals surface area contributed by atoms with Crippen LogP contribution in [0.4, 0.5) is 0 Å². The first-order valence-electron chi connectivity index (χ1n) is 7.70. The summed E-state index contributed by atoms with van der Waals surface area (Å²) in [6, 6.07) is 0.968. The van der Waals surface area contributed by atoms with E-state index >= 15 is 0 Å². The van der Waals surface area contributed by atoms with Gasteiger partial charge in [0.25, 0.3) is 0 Å². The average Bonchev–Trinajstić information content (AvgIpc) is 2.73. The summed E-state index contributed by atoms with van der Waals surface area (Å²) >= 11 is 0. The van der Waals surface area contributed by atoms with Gasteiger partial charge in [0.15, 0.2) is 0 Å². The van der Waals surface area contributed by atoms with Crippen molar-refractivity contribution < 1.29 is 0 Å². The standard InChI is InChI=1S/C18H26N2/c1-9-8-19-15(7)17-14(6)16-12(4)10(2)11(3)13(5)18(16)20(9)17/h9,15,19H,8H2,1-7H3. The van der Waals surface area contributed by atoms with Gasteiger partial charge in [-0.1, -0.05) is 0 Å². The molecule has 2 heteroatoms. The summed E-state index contributed by atoms with van der Waals surface area (Å²) in [5.74, 6) is 0. The quantitative estimate of drug-likeness (QED) is 0.750. The van der Waals surface area contributed by atoms with Gasteiger partial charge in [0.1, 0.15) is 0 Å². The second-order valence-electron chi connectivity index (χ2n) is 6.58. The van der Waals surface area contributed by atoms with Crippen molar-refractivity contribution >= 4 is 10.9 Å². The highest BCUT2D eigenvalue weighted by Gasteiger charge is 2.28. The van der Waals surface area contributed by atoms with Gasteiger partial charge in [-0.2, -0.15) is 0 Å². The molecule has 0 bridgehead atoms. The molecule has 1 aromatic carbocycles. The fraction of sp³-hybridized carbons (Fsp3) is 0.556. The molecule has 0 amide bonds. The van der Waals surface area contributed by atoms with Crippen LogP contribution in [0.15, 0.2) is 0 Å². The highest BCUT2D eigenvalue weighted by atomic mass is 15.1. The molecule has 1 aliphatic rings. The molecule has 0 saturated heterocycles. The Hall–Kier alpha value is -1.28. The van der Waals surface area contributed by atoms with E-state index in [1.807, 2.05) is 0 Å². The van der Waals surface area contributed by atoms with Crippen LogP contribution < -0.4 is 5.32 Å². The van der Waals surface area contributed by atoms with E-state index in [0.717, 1.165) is 6.54 Å². The number of aromatic nitrogens is 1. The predicted molar refractivity (Wildman–Crippen MR) is 86.8 cm³/mol. The van der Waals surface area contributed by atoms with Crippen LogP contribution in [0.5, 0.6) is 0 Å². The van der Waals surface area contributed by atoms with Gasteiger partial charge in [0.2, 0.25) is 0 Å². The van der Waals surface area contributed by atoms with E-state index in [4.69, 9.17) is 0 Å². The van der Waals surface area contributed by atoms with E-state index in [0.29, 0.717) is 12.1 Å². The Balaban J connectivity index is 2.56. The SMILES string of the molecule is Cc1c(C)c(C)c2c(c1C)c(C)c1n2C(C)CNC1C. The normalized spacial score (nSPS) is 22.4. The number of nitrogens with one attached hydrogen (secondary N) is 1. The van der Waals surface area contributed by atoms with Crippen molar-refractivity contribution in [3.63, 3.8) is 0 Å². The lowest BCUT2D eigenvalue weighted by Gasteiger charge is -2.30. The van der Waals surface area contributed by atoms with E-state index in [1.165, 1.54) is 44.4 Å². The second-order valence-corrected chi connectivity index (χ2v) is 6.58. The third-order valence-corrected chi connectivity index (χ3v) is 5.48. The molecule has 0 saturated carbocycles. The van der Waals surface area contributed by atoms with Crippen molar-refractivity contribution in [3.8, 4) is 0 Å². The summed E-state index contributed by atoms with van der Waals surface area (Å²) in [6.07, 6.45) is 0. The van der Waals surface area contributed by atoms with Crippen molar-refractivity contribution in [2.45, 2.75) is 60.5 Å². The molecule has 2 aromatic rings. The second kappa shape index (κ2) is 4.36. The van der Waals surface area contributed by atoms with Crippen molar-refractivity contribution in [2.24, 2.45) is 0 Å². The molecule has 1 N–H and O–H groups in total. The number of hydrogen-bond donors (Lipinski definition) is 1. The monoisotopic (exact) mass is 270 g/mol. The van der Waals surface area contributed by atoms with Crippen LogP contribution in [0.1, 0.15) is 59.4 Å². The minimum absolute atomic E-state index is 0.443. The van der Waals surface area contributed by atoms with Crippen molar-refractivity contribution in [2.75, 3.05) is 6.54 Å². The summed E-state index contributed by atoms with van der Waals surface area (Å²) in [7, 11) is 0. The summed E-state index contributed by atoms with van der Waals surface area (Å²) in [4.78, 5) is 0. The first-order chi connectivity index (χ1) is 9.36. The lowest BCUT2D eigenvalue weighted by atomic mass is 9.93. The Bertz CT molecular complexity index is 707. The van der Waals surface area contributed by atoms with Gasteiger partial charge in [-0.25, -0.2) is 0 Å². The van der Waals surface area contributed by atoms with Crippen LogP contribution >= 0.6 is 0 Å². The minimum Gasteiger partial charge on any atom is -0.338 e. The maximum absolute atomic E-state index is 3.64. The van der Waals surface area contributed by atoms with E-state index < -0.39 is 0 Å². The number of fused-ring (bicyclic) bond motifs is 3. The van der Waals surface area contributed by atoms with Crippen LogP contribution in [0.3, 0.4) is 0 Å². The van der Waals surface area contributed by atoms with Gasteiger partial charge in [0.05, 0.1) is 5.52 Å². The number of hydrogen-bond acceptors (Lipinski definition) is 1. The van der Waals surface area contributed by atoms with Crippen LogP contribution in [0.25, 0.3) is 10.9 Å². The molecule has 108 valence electrons. The predicted octanol–water partition coefficient (Wildman–Crippen LogP) is 4.41. The molecule has 3 rings (SSSR count). The molecule has 1 aliphatic heterocycles. The Morgan fingerprint density at radius 2 is 1.45 bits per heavy atom.